The van der Waals surface area contributed by atoms with E-state index in [4.69, 9.17) is 4.42 Å². The molecule has 73 heavy (non-hydrogen) atoms. The smallest absolute Gasteiger partial charge is 0.159 e. The lowest BCUT2D eigenvalue weighted by Gasteiger charge is -2.29. The second-order valence-electron chi connectivity index (χ2n) is 18.5. The van der Waals surface area contributed by atoms with Gasteiger partial charge < -0.3 is 14.2 Å². The van der Waals surface area contributed by atoms with E-state index < -0.39 is 0 Å². The Morgan fingerprint density at radius 2 is 0.918 bits per heavy atom. The minimum absolute atomic E-state index is 0.304. The van der Waals surface area contributed by atoms with Crippen LogP contribution in [0.4, 0.5) is 38.5 Å². The number of anilines is 6. The van der Waals surface area contributed by atoms with Crippen LogP contribution in [0.2, 0.25) is 0 Å². The molecule has 0 saturated heterocycles. The van der Waals surface area contributed by atoms with E-state index in [0.717, 1.165) is 99.9 Å². The van der Waals surface area contributed by atoms with Gasteiger partial charge >= 0.3 is 0 Å². The summed E-state index contributed by atoms with van der Waals surface area (Å²) in [5.41, 5.74) is 12.7. The fourth-order valence-corrected chi connectivity index (χ4v) is 12.3. The lowest BCUT2D eigenvalue weighted by atomic mass is 9.94. The summed E-state index contributed by atoms with van der Waals surface area (Å²) in [5.74, 6) is -0.304. The van der Waals surface area contributed by atoms with Crippen LogP contribution in [0.5, 0.6) is 0 Å². The van der Waals surface area contributed by atoms with Crippen molar-refractivity contribution in [2.75, 3.05) is 9.80 Å². The topological polar surface area (TPSA) is 19.6 Å². The molecule has 0 saturated carbocycles. The van der Waals surface area contributed by atoms with E-state index in [2.05, 4.69) is 186 Å². The molecule has 12 aromatic carbocycles. The molecule has 0 spiro atoms. The van der Waals surface area contributed by atoms with Crippen LogP contribution in [0.1, 0.15) is 0 Å². The van der Waals surface area contributed by atoms with E-state index in [-0.39, 0.29) is 5.82 Å². The third kappa shape index (κ3) is 7.16. The fourth-order valence-electron chi connectivity index (χ4n) is 11.0. The average molecular weight is 955 g/mol. The second kappa shape index (κ2) is 17.5. The maximum atomic E-state index is 17.5. The van der Waals surface area contributed by atoms with Crippen molar-refractivity contribution < 1.29 is 8.81 Å². The van der Waals surface area contributed by atoms with Crippen LogP contribution in [0.25, 0.3) is 97.0 Å². The number of rotatable bonds is 9. The third-order valence-electron chi connectivity index (χ3n) is 14.3. The average Bonchev–Trinajstić information content (AvgIpc) is 4.06. The number of fused-ring (bicyclic) bond motifs is 11. The van der Waals surface area contributed by atoms with Crippen molar-refractivity contribution >= 4 is 109 Å². The van der Waals surface area contributed by atoms with Crippen molar-refractivity contribution in [2.24, 2.45) is 0 Å². The molecular weight excluding hydrogens is 912 g/mol. The van der Waals surface area contributed by atoms with E-state index in [1.807, 2.05) is 90.2 Å². The van der Waals surface area contributed by atoms with Gasteiger partial charge in [0.25, 0.3) is 0 Å². The van der Waals surface area contributed by atoms with E-state index in [1.54, 1.807) is 6.07 Å². The molecule has 0 amide bonds. The van der Waals surface area contributed by atoms with Crippen LogP contribution in [0.3, 0.4) is 0 Å². The first-order valence-electron chi connectivity index (χ1n) is 24.6. The summed E-state index contributed by atoms with van der Waals surface area (Å²) in [6.45, 7) is 0. The Hall–Kier alpha value is -9.29. The number of furan rings is 1. The van der Waals surface area contributed by atoms with E-state index in [9.17, 15) is 0 Å². The van der Waals surface area contributed by atoms with Gasteiger partial charge in [0.15, 0.2) is 5.58 Å². The summed E-state index contributed by atoms with van der Waals surface area (Å²) in [6, 6.07) is 90.5. The quantitative estimate of drug-likeness (QED) is 0.134. The number of hydrogen-bond donors (Lipinski definition) is 0. The molecule has 344 valence electrons. The van der Waals surface area contributed by atoms with Crippen molar-refractivity contribution in [3.05, 3.63) is 267 Å². The van der Waals surface area contributed by atoms with Gasteiger partial charge in [0, 0.05) is 64.5 Å². The summed E-state index contributed by atoms with van der Waals surface area (Å²) in [4.78, 5) is 4.46. The molecule has 0 bridgehead atoms. The Labute approximate surface area is 425 Å². The molecule has 0 radical (unpaired) electrons. The first-order chi connectivity index (χ1) is 36.1. The van der Waals surface area contributed by atoms with Crippen molar-refractivity contribution in [3.63, 3.8) is 0 Å². The monoisotopic (exact) mass is 954 g/mol. The maximum absolute atomic E-state index is 17.5. The number of halogens is 1. The zero-order valence-electron chi connectivity index (χ0n) is 39.4. The van der Waals surface area contributed by atoms with Crippen molar-refractivity contribution in [1.29, 1.82) is 0 Å². The number of hydrogen-bond acceptors (Lipinski definition) is 4. The molecule has 3 nitrogen and oxygen atoms in total. The summed E-state index contributed by atoms with van der Waals surface area (Å²) in [5, 5.41) is 9.16. The summed E-state index contributed by atoms with van der Waals surface area (Å²) >= 11 is 1.82. The number of thiophene rings is 1. The van der Waals surface area contributed by atoms with Crippen molar-refractivity contribution in [2.45, 2.75) is 0 Å². The predicted molar refractivity (Wildman–Crippen MR) is 307 cm³/mol. The molecule has 0 unspecified atom stereocenters. The predicted octanol–water partition coefficient (Wildman–Crippen LogP) is 20.3. The first-order valence-corrected chi connectivity index (χ1v) is 25.4. The highest BCUT2D eigenvalue weighted by molar-refractivity contribution is 7.27. The SMILES string of the molecule is Fc1cc(-c2ccccc2)cc(-c2ccccc2)c1N(c1ccccc1)c1ccc2c(c1)c1ccccc1c1c3ccc(N(c4ccccc4-c4ccccc4)c4cccc5c4oc4ccccc45)cc3sc21. The molecule has 2 aromatic heterocycles. The molecule has 14 rings (SSSR count). The van der Waals surface area contributed by atoms with Crippen LogP contribution in [-0.4, -0.2) is 0 Å². The number of benzene rings is 12. The van der Waals surface area contributed by atoms with Crippen LogP contribution < -0.4 is 9.80 Å². The molecule has 0 aliphatic rings. The van der Waals surface area contributed by atoms with Gasteiger partial charge in [-0.1, -0.05) is 194 Å². The molecule has 0 atom stereocenters. The Bertz CT molecular complexity index is 4400. The zero-order chi connectivity index (χ0) is 48.4. The van der Waals surface area contributed by atoms with Crippen LogP contribution in [-0.2, 0) is 0 Å². The Balaban J connectivity index is 0.984. The molecule has 0 N–H and O–H groups in total. The van der Waals surface area contributed by atoms with Crippen LogP contribution >= 0.6 is 11.3 Å². The Kier molecular flexibility index (Phi) is 10.2. The zero-order valence-corrected chi connectivity index (χ0v) is 40.2. The minimum Gasteiger partial charge on any atom is -0.454 e. The summed E-state index contributed by atoms with van der Waals surface area (Å²) in [7, 11) is 0. The molecule has 5 heteroatoms. The van der Waals surface area contributed by atoms with Gasteiger partial charge in [0.05, 0.1) is 17.1 Å². The molecule has 0 fully saturated rings. The van der Waals surface area contributed by atoms with Crippen LogP contribution in [0.15, 0.2) is 265 Å². The Morgan fingerprint density at radius 3 is 1.67 bits per heavy atom. The van der Waals surface area contributed by atoms with E-state index >= 15 is 4.39 Å². The van der Waals surface area contributed by atoms with Crippen LogP contribution in [0, 0.1) is 5.82 Å². The highest BCUT2D eigenvalue weighted by Crippen LogP contribution is 2.51. The standard InChI is InChI=1S/C68H43FN2OS/c69-60-41-47(44-20-5-1-6-21-44)40-58(46-24-9-3-10-25-46)66(60)70(48-26-11-4-12-27-48)49-36-38-56-59(42-49)52-29-13-14-31-54(52)65-57-39-37-50(43-64(57)73-68(56)65)71(61-33-17-15-28-51(61)45-22-7-2-8-23-45)62-34-19-32-55-53-30-16-18-35-63(53)72-67(55)62/h1-43H. The Morgan fingerprint density at radius 1 is 0.342 bits per heavy atom. The minimum atomic E-state index is -0.304. The highest BCUT2D eigenvalue weighted by Gasteiger charge is 2.26. The lowest BCUT2D eigenvalue weighted by molar-refractivity contribution is 0.630. The number of nitrogens with zero attached hydrogens (tertiary/aromatic N) is 2. The van der Waals surface area contributed by atoms with Gasteiger partial charge in [0.2, 0.25) is 0 Å². The van der Waals surface area contributed by atoms with Gasteiger partial charge in [-0.15, -0.1) is 11.3 Å². The molecule has 2 heterocycles. The van der Waals surface area contributed by atoms with Crippen molar-refractivity contribution in [3.8, 4) is 33.4 Å². The second-order valence-corrected chi connectivity index (χ2v) is 19.5. The van der Waals surface area contributed by atoms with Gasteiger partial charge in [-0.05, 0) is 105 Å². The van der Waals surface area contributed by atoms with E-state index in [1.165, 1.54) is 25.6 Å². The summed E-state index contributed by atoms with van der Waals surface area (Å²) < 4.78 is 26.6. The normalized spacial score (nSPS) is 11.6. The summed E-state index contributed by atoms with van der Waals surface area (Å²) in [6.07, 6.45) is 0. The molecule has 14 aromatic rings. The molecule has 0 aliphatic carbocycles. The third-order valence-corrected chi connectivity index (χ3v) is 15.5. The molecular formula is C68H43FN2OS. The number of para-hydroxylation sites is 4. The van der Waals surface area contributed by atoms with Crippen molar-refractivity contribution in [1.82, 2.24) is 0 Å². The van der Waals surface area contributed by atoms with Gasteiger partial charge in [-0.3, -0.25) is 0 Å². The van der Waals surface area contributed by atoms with E-state index in [0.29, 0.717) is 5.69 Å². The maximum Gasteiger partial charge on any atom is 0.159 e. The first kappa shape index (κ1) is 42.6. The largest absolute Gasteiger partial charge is 0.454 e. The highest BCUT2D eigenvalue weighted by atomic mass is 32.1. The molecule has 0 aliphatic heterocycles. The fraction of sp³-hybridized carbons (Fsp3) is 0. The van der Waals surface area contributed by atoms with Gasteiger partial charge in [-0.2, -0.15) is 0 Å². The lowest BCUT2D eigenvalue weighted by Crippen LogP contribution is -2.13. The van der Waals surface area contributed by atoms with Gasteiger partial charge in [-0.25, -0.2) is 4.39 Å². The van der Waals surface area contributed by atoms with Gasteiger partial charge in [0.1, 0.15) is 11.4 Å².